The van der Waals surface area contributed by atoms with Gasteiger partial charge < -0.3 is 10.6 Å². The number of halogens is 1. The van der Waals surface area contributed by atoms with Gasteiger partial charge >= 0.3 is 0 Å². The first kappa shape index (κ1) is 24.6. The molecule has 0 saturated carbocycles. The van der Waals surface area contributed by atoms with Crippen LogP contribution in [-0.4, -0.2) is 38.6 Å². The van der Waals surface area contributed by atoms with E-state index in [1.807, 2.05) is 24.3 Å². The highest BCUT2D eigenvalue weighted by Gasteiger charge is 2.38. The Morgan fingerprint density at radius 1 is 0.974 bits per heavy atom. The minimum atomic E-state index is -0.400. The van der Waals surface area contributed by atoms with Crippen LogP contribution in [0.2, 0.25) is 0 Å². The van der Waals surface area contributed by atoms with E-state index in [0.717, 1.165) is 29.9 Å². The van der Waals surface area contributed by atoms with Crippen LogP contribution >= 0.6 is 11.8 Å². The number of anilines is 3. The van der Waals surface area contributed by atoms with Crippen LogP contribution in [0.5, 0.6) is 0 Å². The Hall–Kier alpha value is -3.75. The van der Waals surface area contributed by atoms with E-state index < -0.39 is 6.04 Å². The van der Waals surface area contributed by atoms with Crippen LogP contribution in [0.25, 0.3) is 0 Å². The number of thioether (sulfide) groups is 1. The van der Waals surface area contributed by atoms with Crippen LogP contribution in [0, 0.1) is 5.82 Å². The predicted octanol–water partition coefficient (Wildman–Crippen LogP) is 5.83. The maximum Gasteiger partial charge on any atom is 0.241 e. The van der Waals surface area contributed by atoms with E-state index in [1.165, 1.54) is 17.2 Å². The molecule has 1 aromatic heterocycles. The average Bonchev–Trinajstić information content (AvgIpc) is 3.22. The molecule has 2 atom stereocenters. The van der Waals surface area contributed by atoms with Crippen molar-refractivity contribution in [3.63, 3.8) is 0 Å². The summed E-state index contributed by atoms with van der Waals surface area (Å²) in [6.45, 7) is 0.998. The second-order valence-corrected chi connectivity index (χ2v) is 11.0. The molecule has 192 valence electrons. The van der Waals surface area contributed by atoms with E-state index in [2.05, 4.69) is 49.8 Å². The van der Waals surface area contributed by atoms with Crippen molar-refractivity contribution in [2.75, 3.05) is 17.2 Å². The van der Waals surface area contributed by atoms with Gasteiger partial charge in [0.2, 0.25) is 5.91 Å². The molecular formula is C30H28FN5OS. The largest absolute Gasteiger partial charge is 0.355 e. The van der Waals surface area contributed by atoms with E-state index in [-0.39, 0.29) is 17.0 Å². The number of nitrogens with zero attached hydrogens (tertiary/aromatic N) is 3. The average molecular weight is 526 g/mol. The fraction of sp³-hybridized carbons (Fsp3) is 0.233. The Balaban J connectivity index is 1.21. The molecule has 2 aliphatic rings. The van der Waals surface area contributed by atoms with Gasteiger partial charge in [-0.3, -0.25) is 9.69 Å². The third-order valence-corrected chi connectivity index (χ3v) is 8.24. The normalized spacial score (nSPS) is 18.7. The maximum atomic E-state index is 14.5. The second kappa shape index (κ2) is 10.9. The van der Waals surface area contributed by atoms with Crippen molar-refractivity contribution in [2.24, 2.45) is 0 Å². The molecule has 4 aromatic rings. The highest BCUT2D eigenvalue weighted by atomic mass is 32.2. The molecule has 0 bridgehead atoms. The number of amides is 1. The second-order valence-electron chi connectivity index (χ2n) is 9.69. The van der Waals surface area contributed by atoms with Gasteiger partial charge in [-0.15, -0.1) is 0 Å². The summed E-state index contributed by atoms with van der Waals surface area (Å²) >= 11 is 1.56. The van der Waals surface area contributed by atoms with Crippen molar-refractivity contribution in [3.8, 4) is 0 Å². The first-order chi connectivity index (χ1) is 18.6. The number of likely N-dealkylation sites (tertiary alicyclic amines) is 1. The number of hydrogen-bond acceptors (Lipinski definition) is 6. The van der Waals surface area contributed by atoms with Gasteiger partial charge in [-0.05, 0) is 60.7 Å². The molecule has 0 radical (unpaired) electrons. The van der Waals surface area contributed by atoms with Crippen molar-refractivity contribution in [1.29, 1.82) is 0 Å². The van der Waals surface area contributed by atoms with E-state index in [0.29, 0.717) is 30.2 Å². The molecule has 0 aliphatic carbocycles. The van der Waals surface area contributed by atoms with Crippen LogP contribution in [0.4, 0.5) is 21.5 Å². The van der Waals surface area contributed by atoms with E-state index in [1.54, 1.807) is 42.4 Å². The molecule has 3 aromatic carbocycles. The zero-order valence-corrected chi connectivity index (χ0v) is 21.6. The van der Waals surface area contributed by atoms with Crippen LogP contribution in [0.15, 0.2) is 90.3 Å². The lowest BCUT2D eigenvalue weighted by atomic mass is 10.0. The number of fused-ring (bicyclic) bond motifs is 2. The van der Waals surface area contributed by atoms with E-state index >= 15 is 0 Å². The Morgan fingerprint density at radius 2 is 1.74 bits per heavy atom. The summed E-state index contributed by atoms with van der Waals surface area (Å²) in [6.07, 6.45) is 5.97. The molecule has 2 N–H and O–H groups in total. The lowest BCUT2D eigenvalue weighted by Gasteiger charge is -2.24. The molecule has 1 amide bonds. The SMILES string of the molecule is O=C(Nc1ccc2c(c1)Nc1ccccc1CC2)[C@@H]1C[C@H](Sc2ncccn2)CN1Cc1ccccc1F. The maximum absolute atomic E-state index is 14.5. The molecule has 38 heavy (non-hydrogen) atoms. The number of rotatable bonds is 6. The summed E-state index contributed by atoms with van der Waals surface area (Å²) in [5.74, 6) is -0.348. The number of carbonyl (C=O) groups excluding carboxylic acids is 1. The van der Waals surface area contributed by atoms with Gasteiger partial charge in [0.25, 0.3) is 0 Å². The zero-order valence-electron chi connectivity index (χ0n) is 20.8. The first-order valence-corrected chi connectivity index (χ1v) is 13.7. The lowest BCUT2D eigenvalue weighted by Crippen LogP contribution is -2.39. The Kier molecular flexibility index (Phi) is 7.07. The van der Waals surface area contributed by atoms with Gasteiger partial charge in [-0.1, -0.05) is 54.2 Å². The van der Waals surface area contributed by atoms with Gasteiger partial charge in [0.15, 0.2) is 5.16 Å². The number of hydrogen-bond donors (Lipinski definition) is 2. The van der Waals surface area contributed by atoms with Crippen LogP contribution in [0.3, 0.4) is 0 Å². The van der Waals surface area contributed by atoms with Gasteiger partial charge in [0.1, 0.15) is 5.82 Å². The third kappa shape index (κ3) is 5.42. The van der Waals surface area contributed by atoms with Crippen molar-refractivity contribution in [2.45, 2.75) is 42.3 Å². The van der Waals surface area contributed by atoms with Crippen molar-refractivity contribution < 1.29 is 9.18 Å². The van der Waals surface area contributed by atoms with Crippen LogP contribution in [0.1, 0.15) is 23.1 Å². The predicted molar refractivity (Wildman–Crippen MR) is 149 cm³/mol. The van der Waals surface area contributed by atoms with E-state index in [4.69, 9.17) is 0 Å². The highest BCUT2D eigenvalue weighted by Crippen LogP contribution is 2.34. The molecule has 1 saturated heterocycles. The summed E-state index contributed by atoms with van der Waals surface area (Å²) in [6, 6.07) is 22.5. The highest BCUT2D eigenvalue weighted by molar-refractivity contribution is 7.99. The van der Waals surface area contributed by atoms with Gasteiger partial charge in [-0.25, -0.2) is 14.4 Å². The first-order valence-electron chi connectivity index (χ1n) is 12.8. The van der Waals surface area contributed by atoms with Crippen molar-refractivity contribution >= 4 is 34.7 Å². The Bertz CT molecular complexity index is 1450. The minimum Gasteiger partial charge on any atom is -0.355 e. The number of aromatic nitrogens is 2. The molecule has 0 spiro atoms. The minimum absolute atomic E-state index is 0.0904. The zero-order chi connectivity index (χ0) is 25.9. The van der Waals surface area contributed by atoms with Gasteiger partial charge in [0, 0.05) is 53.4 Å². The smallest absolute Gasteiger partial charge is 0.241 e. The lowest BCUT2D eigenvalue weighted by molar-refractivity contribution is -0.120. The topological polar surface area (TPSA) is 70.1 Å². The summed E-state index contributed by atoms with van der Waals surface area (Å²) < 4.78 is 14.5. The molecule has 6 nitrogen and oxygen atoms in total. The molecule has 6 rings (SSSR count). The molecular weight excluding hydrogens is 497 g/mol. The number of nitrogens with one attached hydrogen (secondary N) is 2. The standard InChI is InChI=1S/C30H28FN5OS/c31-25-8-3-1-7-22(25)18-36-19-24(38-30-32-14-5-15-33-30)17-28(36)29(37)34-23-13-12-21-11-10-20-6-2-4-9-26(20)35-27(21)16-23/h1-9,12-16,24,28,35H,10-11,17-19H2,(H,34,37)/t24-,28-/m0/s1. The number of benzene rings is 3. The van der Waals surface area contributed by atoms with Crippen molar-refractivity contribution in [3.05, 3.63) is 108 Å². The van der Waals surface area contributed by atoms with Crippen LogP contribution < -0.4 is 10.6 Å². The third-order valence-electron chi connectivity index (χ3n) is 7.14. The van der Waals surface area contributed by atoms with Gasteiger partial charge in [0.05, 0.1) is 6.04 Å². The molecule has 0 unspecified atom stereocenters. The quantitative estimate of drug-likeness (QED) is 0.309. The molecule has 3 heterocycles. The monoisotopic (exact) mass is 525 g/mol. The number of para-hydroxylation sites is 1. The molecule has 8 heteroatoms. The van der Waals surface area contributed by atoms with Crippen LogP contribution in [-0.2, 0) is 24.2 Å². The van der Waals surface area contributed by atoms with Gasteiger partial charge in [-0.2, -0.15) is 0 Å². The Labute approximate surface area is 225 Å². The summed E-state index contributed by atoms with van der Waals surface area (Å²) in [4.78, 5) is 24.4. The van der Waals surface area contributed by atoms with Crippen molar-refractivity contribution in [1.82, 2.24) is 14.9 Å². The molecule has 1 fully saturated rings. The summed E-state index contributed by atoms with van der Waals surface area (Å²) in [5, 5.41) is 7.48. The number of carbonyl (C=O) groups is 1. The molecule has 2 aliphatic heterocycles. The fourth-order valence-corrected chi connectivity index (χ4v) is 6.31. The fourth-order valence-electron chi connectivity index (χ4n) is 5.22. The van der Waals surface area contributed by atoms with E-state index in [9.17, 15) is 9.18 Å². The summed E-state index contributed by atoms with van der Waals surface area (Å²) in [7, 11) is 0. The number of aryl methyl sites for hydroxylation is 2. The Morgan fingerprint density at radius 3 is 2.58 bits per heavy atom. The summed E-state index contributed by atoms with van der Waals surface area (Å²) in [5.41, 5.74) is 5.95.